The van der Waals surface area contributed by atoms with E-state index in [2.05, 4.69) is 15.2 Å². The van der Waals surface area contributed by atoms with E-state index in [1.54, 1.807) is 24.3 Å². The lowest BCUT2D eigenvalue weighted by molar-refractivity contribution is -0.182. The molecule has 0 saturated carbocycles. The van der Waals surface area contributed by atoms with Gasteiger partial charge < -0.3 is 19.2 Å². The summed E-state index contributed by atoms with van der Waals surface area (Å²) in [6.07, 6.45) is -1.80. The summed E-state index contributed by atoms with van der Waals surface area (Å²) < 4.78 is 52.9. The van der Waals surface area contributed by atoms with Crippen LogP contribution in [-0.4, -0.2) is 28.5 Å². The Bertz CT molecular complexity index is 1020. The van der Waals surface area contributed by atoms with Gasteiger partial charge in [-0.05, 0) is 42.8 Å². The molecule has 0 bridgehead atoms. The summed E-state index contributed by atoms with van der Waals surface area (Å²) in [5.74, 6) is 0.546. The second-order valence-electron chi connectivity index (χ2n) is 6.28. The molecule has 0 aliphatic heterocycles. The monoisotopic (exact) mass is 443 g/mol. The van der Waals surface area contributed by atoms with Crippen molar-refractivity contribution in [3.05, 3.63) is 64.8 Å². The molecule has 3 rings (SSSR count). The highest BCUT2D eigenvalue weighted by atomic mass is 35.5. The highest BCUT2D eigenvalue weighted by Gasteiger charge is 2.27. The Hall–Kier alpha value is -2.98. The molecular weight excluding hydrogens is 427 g/mol. The zero-order valence-corrected chi connectivity index (χ0v) is 16.5. The second kappa shape index (κ2) is 9.23. The molecule has 3 aromatic rings. The zero-order valence-electron chi connectivity index (χ0n) is 15.7. The van der Waals surface area contributed by atoms with E-state index in [1.807, 2.05) is 6.92 Å². The average molecular weight is 444 g/mol. The number of anilines is 1. The first-order chi connectivity index (χ1) is 14.2. The normalized spacial score (nSPS) is 11.5. The van der Waals surface area contributed by atoms with E-state index in [0.717, 1.165) is 10.2 Å². The largest absolute Gasteiger partial charge is 0.486 e. The van der Waals surface area contributed by atoms with Crippen molar-refractivity contribution < 1.29 is 31.9 Å². The smallest absolute Gasteiger partial charge is 0.411 e. The lowest BCUT2D eigenvalue weighted by atomic mass is 10.2. The molecule has 0 aliphatic carbocycles. The van der Waals surface area contributed by atoms with Crippen molar-refractivity contribution in [1.29, 1.82) is 0 Å². The van der Waals surface area contributed by atoms with Gasteiger partial charge in [0.05, 0.1) is 18.1 Å². The highest BCUT2D eigenvalue weighted by molar-refractivity contribution is 6.31. The number of alkyl halides is 3. The van der Waals surface area contributed by atoms with Gasteiger partial charge in [-0.15, -0.1) is 0 Å². The Morgan fingerprint density at radius 1 is 1.30 bits per heavy atom. The number of furan rings is 1. The predicted octanol–water partition coefficient (Wildman–Crippen LogP) is 4.81. The summed E-state index contributed by atoms with van der Waals surface area (Å²) in [4.78, 5) is 12.3. The quantitative estimate of drug-likeness (QED) is 0.540. The predicted molar refractivity (Wildman–Crippen MR) is 101 cm³/mol. The highest BCUT2D eigenvalue weighted by Crippen LogP contribution is 2.22. The fraction of sp³-hybridized carbons (Fsp3) is 0.263. The minimum Gasteiger partial charge on any atom is -0.486 e. The molecule has 11 heteroatoms. The molecule has 0 unspecified atom stereocenters. The Morgan fingerprint density at radius 2 is 2.10 bits per heavy atom. The van der Waals surface area contributed by atoms with E-state index >= 15 is 0 Å². The van der Waals surface area contributed by atoms with Crippen molar-refractivity contribution in [1.82, 2.24) is 9.78 Å². The zero-order chi connectivity index (χ0) is 21.7. The number of carbonyl (C=O) groups excluding carboxylic acids is 1. The van der Waals surface area contributed by atoms with Gasteiger partial charge >= 0.3 is 6.18 Å². The molecule has 160 valence electrons. The molecule has 2 heterocycles. The summed E-state index contributed by atoms with van der Waals surface area (Å²) in [5, 5.41) is 6.98. The fourth-order valence-corrected chi connectivity index (χ4v) is 2.50. The average Bonchev–Trinajstić information content (AvgIpc) is 3.31. The third-order valence-electron chi connectivity index (χ3n) is 3.78. The number of benzene rings is 1. The minimum absolute atomic E-state index is 0.0435. The Morgan fingerprint density at radius 3 is 2.83 bits per heavy atom. The lowest BCUT2D eigenvalue weighted by Gasteiger charge is -2.07. The molecule has 0 radical (unpaired) electrons. The molecule has 1 aromatic carbocycles. The third-order valence-corrected chi connectivity index (χ3v) is 4.20. The van der Waals surface area contributed by atoms with Crippen LogP contribution in [-0.2, 0) is 18.1 Å². The molecular formula is C19H17ClF3N3O4. The third kappa shape index (κ3) is 6.26. The van der Waals surface area contributed by atoms with Gasteiger partial charge in [0, 0.05) is 5.02 Å². The van der Waals surface area contributed by atoms with E-state index in [0.29, 0.717) is 16.5 Å². The number of carbonyl (C=O) groups is 1. The summed E-state index contributed by atoms with van der Waals surface area (Å²) in [5.41, 5.74) is 1.15. The first-order valence-corrected chi connectivity index (χ1v) is 9.03. The number of halogens is 4. The topological polar surface area (TPSA) is 78.5 Å². The number of hydrogen-bond acceptors (Lipinski definition) is 5. The molecule has 0 saturated heterocycles. The van der Waals surface area contributed by atoms with Crippen molar-refractivity contribution in [2.75, 3.05) is 11.9 Å². The Labute approximate surface area is 174 Å². The number of nitrogens with zero attached hydrogens (tertiary/aromatic N) is 2. The minimum atomic E-state index is -4.42. The molecule has 1 N–H and O–H groups in total. The van der Waals surface area contributed by atoms with Crippen molar-refractivity contribution in [3.8, 4) is 5.75 Å². The van der Waals surface area contributed by atoms with Crippen molar-refractivity contribution in [2.24, 2.45) is 0 Å². The number of hydrogen-bond donors (Lipinski definition) is 1. The Balaban J connectivity index is 1.50. The van der Waals surface area contributed by atoms with Crippen LogP contribution >= 0.6 is 11.6 Å². The first kappa shape index (κ1) is 21.7. The van der Waals surface area contributed by atoms with Crippen LogP contribution in [0.2, 0.25) is 5.02 Å². The van der Waals surface area contributed by atoms with Crippen LogP contribution in [0.1, 0.15) is 21.9 Å². The van der Waals surface area contributed by atoms with Gasteiger partial charge in [-0.2, -0.15) is 18.3 Å². The number of aromatic nitrogens is 2. The Kier molecular flexibility index (Phi) is 6.68. The van der Waals surface area contributed by atoms with E-state index in [9.17, 15) is 18.0 Å². The molecule has 0 spiro atoms. The van der Waals surface area contributed by atoms with Gasteiger partial charge in [-0.25, -0.2) is 4.68 Å². The summed E-state index contributed by atoms with van der Waals surface area (Å²) >= 11 is 5.97. The van der Waals surface area contributed by atoms with Crippen LogP contribution in [0, 0.1) is 6.92 Å². The maximum atomic E-state index is 12.3. The van der Waals surface area contributed by atoms with E-state index in [4.69, 9.17) is 20.8 Å². The van der Waals surface area contributed by atoms with Gasteiger partial charge in [0.25, 0.3) is 5.91 Å². The van der Waals surface area contributed by atoms with Crippen LogP contribution in [0.25, 0.3) is 0 Å². The summed E-state index contributed by atoms with van der Waals surface area (Å²) in [7, 11) is 0. The van der Waals surface area contributed by atoms with Gasteiger partial charge in [-0.1, -0.05) is 11.6 Å². The van der Waals surface area contributed by atoms with E-state index in [1.165, 1.54) is 18.5 Å². The fourth-order valence-electron chi connectivity index (χ4n) is 2.39. The van der Waals surface area contributed by atoms with Gasteiger partial charge in [0.1, 0.15) is 31.5 Å². The number of nitrogens with one attached hydrogen (secondary N) is 1. The number of aryl methyl sites for hydroxylation is 1. The summed E-state index contributed by atoms with van der Waals surface area (Å²) in [6, 6.07) is 8.32. The number of rotatable bonds is 8. The molecule has 1 amide bonds. The number of ether oxygens (including phenoxy) is 2. The SMILES string of the molecule is Cc1cc(OCc2ccc(C(=O)Nc3cnn(COCC(F)(F)F)c3)o2)ccc1Cl. The maximum Gasteiger partial charge on any atom is 0.411 e. The number of amides is 1. The molecule has 0 fully saturated rings. The molecule has 30 heavy (non-hydrogen) atoms. The molecule has 7 nitrogen and oxygen atoms in total. The van der Waals surface area contributed by atoms with Crippen LogP contribution < -0.4 is 10.1 Å². The summed E-state index contributed by atoms with van der Waals surface area (Å²) in [6.45, 7) is 0.182. The van der Waals surface area contributed by atoms with Crippen molar-refractivity contribution in [3.63, 3.8) is 0 Å². The molecule has 0 aliphatic rings. The molecule has 0 atom stereocenters. The lowest BCUT2D eigenvalue weighted by Crippen LogP contribution is -2.18. The maximum absolute atomic E-state index is 12.3. The van der Waals surface area contributed by atoms with Gasteiger partial charge in [-0.3, -0.25) is 4.79 Å². The standard InChI is InChI=1S/C19H17ClF3N3O4/c1-12-6-14(2-4-16(12)20)29-9-15-3-5-17(30-15)18(27)25-13-7-24-26(8-13)11-28-10-19(21,22)23/h2-8H,9-11H2,1H3,(H,25,27). The van der Waals surface area contributed by atoms with Crippen LogP contribution in [0.3, 0.4) is 0 Å². The van der Waals surface area contributed by atoms with E-state index in [-0.39, 0.29) is 18.1 Å². The van der Waals surface area contributed by atoms with E-state index < -0.39 is 25.4 Å². The van der Waals surface area contributed by atoms with Crippen molar-refractivity contribution in [2.45, 2.75) is 26.4 Å². The van der Waals surface area contributed by atoms with Gasteiger partial charge in [0.2, 0.25) is 0 Å². The van der Waals surface area contributed by atoms with Crippen LogP contribution in [0.15, 0.2) is 47.1 Å². The first-order valence-electron chi connectivity index (χ1n) is 8.65. The van der Waals surface area contributed by atoms with Crippen molar-refractivity contribution >= 4 is 23.2 Å². The van der Waals surface area contributed by atoms with Crippen LogP contribution in [0.5, 0.6) is 5.75 Å². The second-order valence-corrected chi connectivity index (χ2v) is 6.69. The van der Waals surface area contributed by atoms with Gasteiger partial charge in [0.15, 0.2) is 5.76 Å². The van der Waals surface area contributed by atoms with Crippen LogP contribution in [0.4, 0.5) is 18.9 Å². The molecule has 2 aromatic heterocycles.